The first-order valence-corrected chi connectivity index (χ1v) is 7.12. The van der Waals surface area contributed by atoms with Crippen LogP contribution in [-0.4, -0.2) is 48.4 Å². The molecular formula is C16H22N2O3. The normalized spacial score (nSPS) is 15.0. The van der Waals surface area contributed by atoms with E-state index in [2.05, 4.69) is 4.98 Å². The molecule has 0 radical (unpaired) electrons. The van der Waals surface area contributed by atoms with Gasteiger partial charge in [0.25, 0.3) is 5.91 Å². The van der Waals surface area contributed by atoms with E-state index in [9.17, 15) is 9.59 Å². The van der Waals surface area contributed by atoms with Crippen molar-refractivity contribution in [2.75, 3.05) is 26.8 Å². The van der Waals surface area contributed by atoms with Gasteiger partial charge in [0.2, 0.25) is 0 Å². The molecule has 0 bridgehead atoms. The number of H-pyrrole nitrogens is 1. The lowest BCUT2D eigenvalue weighted by atomic mass is 10.1. The predicted octanol–water partition coefficient (Wildman–Crippen LogP) is 2.25. The van der Waals surface area contributed by atoms with Crippen LogP contribution in [0.3, 0.4) is 0 Å². The van der Waals surface area contributed by atoms with Crippen LogP contribution < -0.4 is 0 Å². The third-order valence-electron chi connectivity index (χ3n) is 3.92. The summed E-state index contributed by atoms with van der Waals surface area (Å²) in [7, 11) is 1.67. The molecule has 21 heavy (non-hydrogen) atoms. The van der Waals surface area contributed by atoms with Crippen molar-refractivity contribution in [3.8, 4) is 0 Å². The SMILES string of the molecule is COCC1=CCN(C(=O)c2[nH]c(C)c(C(C)=O)c2C)CC1. The van der Waals surface area contributed by atoms with Crippen molar-refractivity contribution in [2.24, 2.45) is 0 Å². The molecule has 0 saturated carbocycles. The second kappa shape index (κ2) is 6.26. The van der Waals surface area contributed by atoms with Crippen LogP contribution in [0.5, 0.6) is 0 Å². The highest BCUT2D eigenvalue weighted by molar-refractivity contribution is 6.02. The van der Waals surface area contributed by atoms with Crippen LogP contribution >= 0.6 is 0 Å². The van der Waals surface area contributed by atoms with E-state index < -0.39 is 0 Å². The van der Waals surface area contributed by atoms with Crippen LogP contribution in [0.15, 0.2) is 11.6 Å². The molecule has 1 aromatic heterocycles. The maximum absolute atomic E-state index is 12.6. The molecule has 114 valence electrons. The highest BCUT2D eigenvalue weighted by Gasteiger charge is 2.24. The van der Waals surface area contributed by atoms with Crippen molar-refractivity contribution in [2.45, 2.75) is 27.2 Å². The van der Waals surface area contributed by atoms with Gasteiger partial charge in [-0.1, -0.05) is 6.08 Å². The number of methoxy groups -OCH3 is 1. The number of carbonyl (C=O) groups is 2. The van der Waals surface area contributed by atoms with Gasteiger partial charge < -0.3 is 14.6 Å². The van der Waals surface area contributed by atoms with Crippen molar-refractivity contribution in [1.82, 2.24) is 9.88 Å². The van der Waals surface area contributed by atoms with Crippen LogP contribution in [-0.2, 0) is 4.74 Å². The molecule has 1 N–H and O–H groups in total. The molecule has 0 aromatic carbocycles. The Hall–Kier alpha value is -1.88. The lowest BCUT2D eigenvalue weighted by molar-refractivity contribution is 0.0759. The number of nitrogens with one attached hydrogen (secondary N) is 1. The average molecular weight is 290 g/mol. The Morgan fingerprint density at radius 1 is 1.38 bits per heavy atom. The molecule has 2 rings (SSSR count). The Balaban J connectivity index is 2.19. The van der Waals surface area contributed by atoms with Crippen molar-refractivity contribution in [3.05, 3.63) is 34.2 Å². The van der Waals surface area contributed by atoms with Crippen LogP contribution in [0.25, 0.3) is 0 Å². The number of hydrogen-bond acceptors (Lipinski definition) is 3. The van der Waals surface area contributed by atoms with Crippen molar-refractivity contribution in [3.63, 3.8) is 0 Å². The van der Waals surface area contributed by atoms with E-state index in [0.29, 0.717) is 31.0 Å². The summed E-state index contributed by atoms with van der Waals surface area (Å²) in [5.74, 6) is -0.0583. The quantitative estimate of drug-likeness (QED) is 0.683. The van der Waals surface area contributed by atoms with Crippen LogP contribution in [0.1, 0.15) is 45.4 Å². The molecule has 0 spiro atoms. The van der Waals surface area contributed by atoms with Gasteiger partial charge in [0.05, 0.1) is 6.61 Å². The Bertz CT molecular complexity index is 599. The largest absolute Gasteiger partial charge is 0.380 e. The summed E-state index contributed by atoms with van der Waals surface area (Å²) < 4.78 is 5.11. The molecule has 1 aromatic rings. The number of ether oxygens (including phenoxy) is 1. The summed E-state index contributed by atoms with van der Waals surface area (Å²) in [5.41, 5.74) is 3.89. The molecule has 0 aliphatic carbocycles. The van der Waals surface area contributed by atoms with Gasteiger partial charge in [-0.3, -0.25) is 9.59 Å². The number of nitrogens with zero attached hydrogens (tertiary/aromatic N) is 1. The molecule has 0 atom stereocenters. The van der Waals surface area contributed by atoms with Gasteiger partial charge in [-0.25, -0.2) is 0 Å². The summed E-state index contributed by atoms with van der Waals surface area (Å²) in [5, 5.41) is 0. The number of ketones is 1. The molecule has 2 heterocycles. The van der Waals surface area contributed by atoms with Gasteiger partial charge in [0.15, 0.2) is 5.78 Å². The van der Waals surface area contributed by atoms with Gasteiger partial charge in [-0.15, -0.1) is 0 Å². The van der Waals surface area contributed by atoms with Gasteiger partial charge >= 0.3 is 0 Å². The Morgan fingerprint density at radius 3 is 2.57 bits per heavy atom. The fraction of sp³-hybridized carbons (Fsp3) is 0.500. The fourth-order valence-corrected chi connectivity index (χ4v) is 2.86. The predicted molar refractivity (Wildman–Crippen MR) is 80.8 cm³/mol. The highest BCUT2D eigenvalue weighted by atomic mass is 16.5. The summed E-state index contributed by atoms with van der Waals surface area (Å²) in [6.45, 7) is 7.07. The first-order chi connectivity index (χ1) is 9.95. The highest BCUT2D eigenvalue weighted by Crippen LogP contribution is 2.21. The smallest absolute Gasteiger partial charge is 0.270 e. The standard InChI is InChI=1S/C16H22N2O3/c1-10-14(12(3)19)11(2)17-15(10)16(20)18-7-5-13(6-8-18)9-21-4/h5,17H,6-9H2,1-4H3. The second-order valence-electron chi connectivity index (χ2n) is 5.48. The zero-order valence-corrected chi connectivity index (χ0v) is 13.1. The lowest BCUT2D eigenvalue weighted by Crippen LogP contribution is -2.35. The number of Topliss-reactive ketones (excluding diaryl/α,β-unsaturated/α-hetero) is 1. The maximum atomic E-state index is 12.6. The van der Waals surface area contributed by atoms with Crippen molar-refractivity contribution < 1.29 is 14.3 Å². The minimum Gasteiger partial charge on any atom is -0.380 e. The Labute approximate surface area is 125 Å². The van der Waals surface area contributed by atoms with Crippen LogP contribution in [0.4, 0.5) is 0 Å². The fourth-order valence-electron chi connectivity index (χ4n) is 2.86. The third-order valence-corrected chi connectivity index (χ3v) is 3.92. The van der Waals surface area contributed by atoms with E-state index in [1.165, 1.54) is 12.5 Å². The number of rotatable bonds is 4. The van der Waals surface area contributed by atoms with E-state index in [-0.39, 0.29) is 11.7 Å². The molecule has 0 saturated heterocycles. The van der Waals surface area contributed by atoms with E-state index >= 15 is 0 Å². The van der Waals surface area contributed by atoms with E-state index in [4.69, 9.17) is 4.74 Å². The van der Waals surface area contributed by atoms with Crippen LogP contribution in [0.2, 0.25) is 0 Å². The lowest BCUT2D eigenvalue weighted by Gasteiger charge is -2.26. The molecular weight excluding hydrogens is 268 g/mol. The zero-order valence-electron chi connectivity index (χ0n) is 13.1. The summed E-state index contributed by atoms with van der Waals surface area (Å²) in [6.07, 6.45) is 2.87. The summed E-state index contributed by atoms with van der Waals surface area (Å²) in [4.78, 5) is 29.1. The number of aromatic amines is 1. The molecule has 1 aliphatic heterocycles. The molecule has 0 unspecified atom stereocenters. The first-order valence-electron chi connectivity index (χ1n) is 7.12. The maximum Gasteiger partial charge on any atom is 0.270 e. The number of hydrogen-bond donors (Lipinski definition) is 1. The van der Waals surface area contributed by atoms with Gasteiger partial charge in [-0.2, -0.15) is 0 Å². The second-order valence-corrected chi connectivity index (χ2v) is 5.48. The molecule has 5 nitrogen and oxygen atoms in total. The zero-order chi connectivity index (χ0) is 15.6. The number of aryl methyl sites for hydroxylation is 1. The number of carbonyl (C=O) groups excluding carboxylic acids is 2. The number of amides is 1. The summed E-state index contributed by atoms with van der Waals surface area (Å²) in [6, 6.07) is 0. The van der Waals surface area contributed by atoms with E-state index in [0.717, 1.165) is 17.7 Å². The Morgan fingerprint density at radius 2 is 2.10 bits per heavy atom. The van der Waals surface area contributed by atoms with Gasteiger partial charge in [0, 0.05) is 31.5 Å². The third kappa shape index (κ3) is 3.08. The molecule has 1 aliphatic rings. The number of aromatic nitrogens is 1. The minimum atomic E-state index is -0.0455. The average Bonchev–Trinajstić information content (AvgIpc) is 2.74. The molecule has 0 fully saturated rings. The molecule has 1 amide bonds. The summed E-state index contributed by atoms with van der Waals surface area (Å²) >= 11 is 0. The first kappa shape index (κ1) is 15.5. The topological polar surface area (TPSA) is 62.4 Å². The minimum absolute atomic E-state index is 0.0128. The van der Waals surface area contributed by atoms with Crippen molar-refractivity contribution >= 4 is 11.7 Å². The van der Waals surface area contributed by atoms with Gasteiger partial charge in [-0.05, 0) is 38.3 Å². The monoisotopic (exact) mass is 290 g/mol. The Kier molecular flexibility index (Phi) is 4.63. The van der Waals surface area contributed by atoms with Gasteiger partial charge in [0.1, 0.15) is 5.69 Å². The van der Waals surface area contributed by atoms with Crippen molar-refractivity contribution in [1.29, 1.82) is 0 Å². The van der Waals surface area contributed by atoms with E-state index in [1.54, 1.807) is 12.0 Å². The van der Waals surface area contributed by atoms with Crippen LogP contribution in [0, 0.1) is 13.8 Å². The van der Waals surface area contributed by atoms with E-state index in [1.807, 2.05) is 19.9 Å². The molecule has 5 heteroatoms.